The van der Waals surface area contributed by atoms with Crippen LogP contribution < -0.4 is 15.5 Å². The second kappa shape index (κ2) is 17.3. The van der Waals surface area contributed by atoms with Gasteiger partial charge in [0.25, 0.3) is 11.8 Å². The number of H-pyrrole nitrogens is 1. The molecule has 4 aliphatic heterocycles. The molecule has 1 atom stereocenters. The predicted molar refractivity (Wildman–Crippen MR) is 242 cm³/mol. The highest BCUT2D eigenvalue weighted by Gasteiger charge is 2.46. The molecule has 4 aromatic rings. The van der Waals surface area contributed by atoms with Crippen molar-refractivity contribution in [3.63, 3.8) is 0 Å². The van der Waals surface area contributed by atoms with Crippen LogP contribution in [0.25, 0.3) is 10.9 Å². The monoisotopic (exact) mass is 864 g/mol. The maximum atomic E-state index is 14.1. The van der Waals surface area contributed by atoms with Crippen molar-refractivity contribution in [2.24, 2.45) is 0 Å². The number of piperidine rings is 2. The van der Waals surface area contributed by atoms with Gasteiger partial charge in [0.2, 0.25) is 17.7 Å². The lowest BCUT2D eigenvalue weighted by molar-refractivity contribution is -0.136. The third-order valence-corrected chi connectivity index (χ3v) is 14.4. The van der Waals surface area contributed by atoms with E-state index in [1.54, 1.807) is 24.3 Å². The van der Waals surface area contributed by atoms with Crippen molar-refractivity contribution in [2.45, 2.75) is 102 Å². The van der Waals surface area contributed by atoms with Crippen LogP contribution in [0.2, 0.25) is 0 Å². The van der Waals surface area contributed by atoms with E-state index in [9.17, 15) is 34.0 Å². The van der Waals surface area contributed by atoms with Gasteiger partial charge in [0.1, 0.15) is 6.04 Å². The van der Waals surface area contributed by atoms with E-state index in [4.69, 9.17) is 0 Å². The van der Waals surface area contributed by atoms with Gasteiger partial charge in [-0.3, -0.25) is 43.9 Å². The first-order chi connectivity index (χ1) is 30.9. The molecule has 0 saturated carbocycles. The number of hydrogen-bond acceptors (Lipinski definition) is 10. The summed E-state index contributed by atoms with van der Waals surface area (Å²) in [6.45, 7) is 12.2. The number of nitrogens with one attached hydrogen (secondary N) is 3. The molecule has 1 aromatic heterocycles. The topological polar surface area (TPSA) is 179 Å². The van der Waals surface area contributed by atoms with Crippen molar-refractivity contribution >= 4 is 57.6 Å². The number of ketones is 1. The minimum absolute atomic E-state index is 0.0408. The van der Waals surface area contributed by atoms with Crippen molar-refractivity contribution in [2.75, 3.05) is 56.0 Å². The summed E-state index contributed by atoms with van der Waals surface area (Å²) in [7, 11) is 0. The van der Waals surface area contributed by atoms with Crippen molar-refractivity contribution < 1.29 is 28.8 Å². The summed E-state index contributed by atoms with van der Waals surface area (Å²) in [5.74, 6) is -1.83. The molecule has 3 fully saturated rings. The zero-order valence-corrected chi connectivity index (χ0v) is 37.0. The smallest absolute Gasteiger partial charge is 0.264 e. The highest BCUT2D eigenvalue weighted by Crippen LogP contribution is 2.46. The number of benzene rings is 3. The average molecular weight is 865 g/mol. The maximum absolute atomic E-state index is 14.1. The fourth-order valence-electron chi connectivity index (χ4n) is 10.8. The van der Waals surface area contributed by atoms with Gasteiger partial charge >= 0.3 is 0 Å². The van der Waals surface area contributed by atoms with E-state index in [1.807, 2.05) is 17.0 Å². The summed E-state index contributed by atoms with van der Waals surface area (Å²) in [5.41, 5.74) is 7.86. The number of aryl methyl sites for hydroxylation is 1. The first-order valence-corrected chi connectivity index (χ1v) is 23.0. The number of unbranched alkanes of at least 4 members (excludes halogenated alkanes) is 3. The molecule has 14 nitrogen and oxygen atoms in total. The second-order valence-corrected chi connectivity index (χ2v) is 18.5. The second-order valence-electron chi connectivity index (χ2n) is 18.5. The Balaban J connectivity index is 0.715. The van der Waals surface area contributed by atoms with Gasteiger partial charge in [0.05, 0.1) is 28.3 Å². The first kappa shape index (κ1) is 42.9. The van der Waals surface area contributed by atoms with Crippen molar-refractivity contribution in [3.8, 4) is 6.07 Å². The molecule has 9 rings (SSSR count). The Bertz CT molecular complexity index is 2630. The number of carbonyl (C=O) groups is 6. The highest BCUT2D eigenvalue weighted by molar-refractivity contribution is 6.25. The van der Waals surface area contributed by atoms with Crippen LogP contribution >= 0.6 is 0 Å². The lowest BCUT2D eigenvalue weighted by Crippen LogP contribution is -2.54. The molecule has 64 heavy (non-hydrogen) atoms. The zero-order chi connectivity index (χ0) is 44.9. The Morgan fingerprint density at radius 2 is 1.62 bits per heavy atom. The van der Waals surface area contributed by atoms with Gasteiger partial charge in [-0.25, -0.2) is 0 Å². The SMILES string of the molecule is CCc1cc2c(cc1N1CCC(N3CCN(C(=O)CCCCCCNc4cccc5c4C(=O)N(C4CCC(=O)NC4=O)C5=O)CC3)CC1)C(C)(C)c1[nH]c3cc(C#N)ccc3c1C2=O. The number of fused-ring (bicyclic) bond motifs is 5. The van der Waals surface area contributed by atoms with Gasteiger partial charge in [-0.15, -0.1) is 0 Å². The van der Waals surface area contributed by atoms with Crippen LogP contribution in [0.4, 0.5) is 11.4 Å². The van der Waals surface area contributed by atoms with E-state index in [-0.39, 0.29) is 35.7 Å². The van der Waals surface area contributed by atoms with E-state index in [0.717, 1.165) is 117 Å². The molecule has 14 heteroatoms. The molecular weight excluding hydrogens is 809 g/mol. The fourth-order valence-corrected chi connectivity index (χ4v) is 10.8. The van der Waals surface area contributed by atoms with Gasteiger partial charge in [-0.2, -0.15) is 5.26 Å². The summed E-state index contributed by atoms with van der Waals surface area (Å²) < 4.78 is 0. The molecule has 1 unspecified atom stereocenters. The van der Waals surface area contributed by atoms with Crippen LogP contribution in [0, 0.1) is 11.3 Å². The lowest BCUT2D eigenvalue weighted by Gasteiger charge is -2.44. The molecular formula is C50H56N8O6. The third kappa shape index (κ3) is 7.63. The molecule has 0 radical (unpaired) electrons. The number of anilines is 2. The zero-order valence-electron chi connectivity index (χ0n) is 37.0. The molecule has 0 spiro atoms. The normalized spacial score (nSPS) is 20.0. The summed E-state index contributed by atoms with van der Waals surface area (Å²) in [6, 6.07) is 16.7. The van der Waals surface area contributed by atoms with Crippen LogP contribution in [-0.4, -0.2) is 113 Å². The van der Waals surface area contributed by atoms with Crippen LogP contribution in [0.5, 0.6) is 0 Å². The summed E-state index contributed by atoms with van der Waals surface area (Å²) in [6.07, 6.45) is 7.09. The third-order valence-electron chi connectivity index (χ3n) is 14.4. The largest absolute Gasteiger partial charge is 0.384 e. The molecule has 3 saturated heterocycles. The van der Waals surface area contributed by atoms with Crippen LogP contribution in [0.15, 0.2) is 48.5 Å². The van der Waals surface area contributed by atoms with Crippen LogP contribution in [0.3, 0.4) is 0 Å². The van der Waals surface area contributed by atoms with Gasteiger partial charge in [0.15, 0.2) is 5.78 Å². The minimum Gasteiger partial charge on any atom is -0.384 e. The Morgan fingerprint density at radius 3 is 2.36 bits per heavy atom. The summed E-state index contributed by atoms with van der Waals surface area (Å²) >= 11 is 0. The Kier molecular flexibility index (Phi) is 11.6. The number of piperazine rings is 1. The van der Waals surface area contributed by atoms with Gasteiger partial charge in [0, 0.05) is 104 Å². The molecule has 1 aliphatic carbocycles. The summed E-state index contributed by atoms with van der Waals surface area (Å²) in [4.78, 5) is 89.5. The van der Waals surface area contributed by atoms with E-state index in [0.29, 0.717) is 35.8 Å². The van der Waals surface area contributed by atoms with Gasteiger partial charge < -0.3 is 20.1 Å². The molecule has 5 aliphatic rings. The van der Waals surface area contributed by atoms with Crippen LogP contribution in [-0.2, 0) is 26.2 Å². The number of rotatable bonds is 12. The molecule has 5 amide bonds. The quantitative estimate of drug-likeness (QED) is 0.112. The standard InChI is InChI=1S/C50H56N8O6/c1-4-31-27-35-36(50(2,3)46-44(45(35)61)33-14-13-30(29-51)26-38(33)53-46)28-40(31)56-20-17-32(18-21-56)55-22-24-57(25-23-55)42(60)12-7-5-6-8-19-52-37-11-9-10-34-43(37)49(64)58(48(34)63)39-15-16-41(59)54-47(39)62/h9-11,13-14,26-28,32,39,52-53H,4-8,12,15-25H2,1-3H3,(H,54,59,62). The number of hydrogen-bond donors (Lipinski definition) is 3. The molecule has 3 N–H and O–H groups in total. The number of imide groups is 2. The number of aromatic nitrogens is 1. The van der Waals surface area contributed by atoms with E-state index in [1.165, 1.54) is 11.3 Å². The van der Waals surface area contributed by atoms with Crippen LogP contribution in [0.1, 0.15) is 138 Å². The van der Waals surface area contributed by atoms with Crippen molar-refractivity contribution in [1.82, 2.24) is 25.0 Å². The number of nitrogens with zero attached hydrogens (tertiary/aromatic N) is 5. The first-order valence-electron chi connectivity index (χ1n) is 23.0. The molecule has 332 valence electrons. The Labute approximate surface area is 373 Å². The van der Waals surface area contributed by atoms with Gasteiger partial charge in [-0.1, -0.05) is 45.7 Å². The molecule has 0 bridgehead atoms. The minimum atomic E-state index is -1.00. The Hall–Kier alpha value is -6.33. The average Bonchev–Trinajstić information content (AvgIpc) is 3.82. The molecule has 3 aromatic carbocycles. The van der Waals surface area contributed by atoms with E-state index in [2.05, 4.69) is 64.4 Å². The van der Waals surface area contributed by atoms with E-state index < -0.39 is 35.1 Å². The number of carbonyl (C=O) groups excluding carboxylic acids is 6. The maximum Gasteiger partial charge on any atom is 0.264 e. The number of nitriles is 1. The van der Waals surface area contributed by atoms with Crippen molar-refractivity contribution in [1.29, 1.82) is 5.26 Å². The van der Waals surface area contributed by atoms with E-state index >= 15 is 0 Å². The fraction of sp³-hybridized carbons (Fsp3) is 0.460. The Morgan fingerprint density at radius 1 is 0.859 bits per heavy atom. The van der Waals surface area contributed by atoms with Crippen molar-refractivity contribution in [3.05, 3.63) is 93.2 Å². The lowest BCUT2D eigenvalue weighted by atomic mass is 9.70. The highest BCUT2D eigenvalue weighted by atomic mass is 16.2. The number of aromatic amines is 1. The summed E-state index contributed by atoms with van der Waals surface area (Å²) in [5, 5.41) is 15.9. The molecule has 5 heterocycles. The number of amides is 5. The van der Waals surface area contributed by atoms with Gasteiger partial charge in [-0.05, 0) is 86.1 Å². The predicted octanol–water partition coefficient (Wildman–Crippen LogP) is 6.05.